The first-order chi connectivity index (χ1) is 4.71. The lowest BCUT2D eigenvalue weighted by atomic mass is 9.67. The van der Waals surface area contributed by atoms with Crippen LogP contribution in [0.25, 0.3) is 0 Å². The molecule has 0 aliphatic heterocycles. The summed E-state index contributed by atoms with van der Waals surface area (Å²) in [7, 11) is 0. The second-order valence-electron chi connectivity index (χ2n) is 2.88. The van der Waals surface area contributed by atoms with Crippen molar-refractivity contribution < 1.29 is 14.3 Å². The standard InChI is InChI=1S/C7H11FO2/c8-5-4-7(6(9)10)2-1-3-7/h1-5H2,(H,9,10). The van der Waals surface area contributed by atoms with Gasteiger partial charge in [-0.3, -0.25) is 9.18 Å². The molecule has 0 aromatic heterocycles. The lowest BCUT2D eigenvalue weighted by Gasteiger charge is -2.36. The van der Waals surface area contributed by atoms with E-state index in [1.165, 1.54) is 0 Å². The van der Waals surface area contributed by atoms with E-state index in [-0.39, 0.29) is 6.42 Å². The third-order valence-electron chi connectivity index (χ3n) is 2.34. The Bertz CT molecular complexity index is 141. The van der Waals surface area contributed by atoms with E-state index in [2.05, 4.69) is 0 Å². The first-order valence-corrected chi connectivity index (χ1v) is 3.51. The van der Waals surface area contributed by atoms with Crippen molar-refractivity contribution in [1.29, 1.82) is 0 Å². The van der Waals surface area contributed by atoms with Gasteiger partial charge in [-0.25, -0.2) is 0 Å². The van der Waals surface area contributed by atoms with Crippen LogP contribution in [0, 0.1) is 5.41 Å². The van der Waals surface area contributed by atoms with Crippen molar-refractivity contribution in [3.05, 3.63) is 0 Å². The molecule has 0 aromatic rings. The maximum atomic E-state index is 11.8. The average Bonchev–Trinajstić information content (AvgIpc) is 1.77. The zero-order valence-corrected chi connectivity index (χ0v) is 5.77. The van der Waals surface area contributed by atoms with Gasteiger partial charge < -0.3 is 5.11 Å². The average molecular weight is 146 g/mol. The second kappa shape index (κ2) is 2.56. The highest BCUT2D eigenvalue weighted by Crippen LogP contribution is 2.44. The van der Waals surface area contributed by atoms with Crippen LogP contribution < -0.4 is 0 Å². The van der Waals surface area contributed by atoms with Crippen LogP contribution >= 0.6 is 0 Å². The van der Waals surface area contributed by atoms with Crippen molar-refractivity contribution in [1.82, 2.24) is 0 Å². The fraction of sp³-hybridized carbons (Fsp3) is 0.857. The largest absolute Gasteiger partial charge is 0.481 e. The monoisotopic (exact) mass is 146 g/mol. The van der Waals surface area contributed by atoms with Crippen LogP contribution in [0.15, 0.2) is 0 Å². The van der Waals surface area contributed by atoms with Gasteiger partial charge >= 0.3 is 5.97 Å². The van der Waals surface area contributed by atoms with E-state index in [9.17, 15) is 9.18 Å². The number of carboxylic acids is 1. The molecule has 0 amide bonds. The molecule has 10 heavy (non-hydrogen) atoms. The van der Waals surface area contributed by atoms with Gasteiger partial charge in [0.05, 0.1) is 12.1 Å². The van der Waals surface area contributed by atoms with E-state index in [1.807, 2.05) is 0 Å². The van der Waals surface area contributed by atoms with Crippen LogP contribution in [-0.2, 0) is 4.79 Å². The lowest BCUT2D eigenvalue weighted by Crippen LogP contribution is -2.38. The molecule has 0 radical (unpaired) electrons. The number of hydrogen-bond acceptors (Lipinski definition) is 1. The summed E-state index contributed by atoms with van der Waals surface area (Å²) in [5.41, 5.74) is -0.686. The van der Waals surface area contributed by atoms with Gasteiger partial charge in [-0.05, 0) is 19.3 Å². The van der Waals surface area contributed by atoms with Gasteiger partial charge in [0.15, 0.2) is 0 Å². The Morgan fingerprint density at radius 1 is 1.60 bits per heavy atom. The first-order valence-electron chi connectivity index (χ1n) is 3.51. The van der Waals surface area contributed by atoms with E-state index in [4.69, 9.17) is 5.11 Å². The van der Waals surface area contributed by atoms with Gasteiger partial charge in [0.2, 0.25) is 0 Å². The Balaban J connectivity index is 2.50. The van der Waals surface area contributed by atoms with Crippen molar-refractivity contribution in [2.24, 2.45) is 5.41 Å². The predicted molar refractivity (Wildman–Crippen MR) is 34.5 cm³/mol. The molecule has 1 N–H and O–H groups in total. The minimum atomic E-state index is -0.823. The van der Waals surface area contributed by atoms with E-state index < -0.39 is 18.1 Å². The van der Waals surface area contributed by atoms with E-state index in [0.717, 1.165) is 6.42 Å². The van der Waals surface area contributed by atoms with Gasteiger partial charge in [-0.2, -0.15) is 0 Å². The molecular formula is C7H11FO2. The summed E-state index contributed by atoms with van der Waals surface area (Å²) in [6, 6.07) is 0. The zero-order valence-electron chi connectivity index (χ0n) is 5.77. The summed E-state index contributed by atoms with van der Waals surface area (Å²) in [4.78, 5) is 10.5. The number of halogens is 1. The molecule has 1 aliphatic rings. The van der Waals surface area contributed by atoms with Crippen molar-refractivity contribution >= 4 is 5.97 Å². The summed E-state index contributed by atoms with van der Waals surface area (Å²) in [6.45, 7) is -0.508. The maximum absolute atomic E-state index is 11.8. The third-order valence-corrected chi connectivity index (χ3v) is 2.34. The summed E-state index contributed by atoms with van der Waals surface area (Å²) in [5, 5.41) is 8.65. The molecule has 0 aromatic carbocycles. The van der Waals surface area contributed by atoms with E-state index in [0.29, 0.717) is 12.8 Å². The Morgan fingerprint density at radius 2 is 2.20 bits per heavy atom. The van der Waals surface area contributed by atoms with Crippen LogP contribution in [0.2, 0.25) is 0 Å². The molecule has 0 saturated heterocycles. The molecule has 58 valence electrons. The van der Waals surface area contributed by atoms with Crippen molar-refractivity contribution in [3.8, 4) is 0 Å². The quantitative estimate of drug-likeness (QED) is 0.656. The Kier molecular flexibility index (Phi) is 1.92. The van der Waals surface area contributed by atoms with Gasteiger partial charge in [0.1, 0.15) is 0 Å². The molecule has 2 nitrogen and oxygen atoms in total. The Hall–Kier alpha value is -0.600. The topological polar surface area (TPSA) is 37.3 Å². The first kappa shape index (κ1) is 7.51. The van der Waals surface area contributed by atoms with Crippen LogP contribution in [-0.4, -0.2) is 17.8 Å². The minimum Gasteiger partial charge on any atom is -0.481 e. The van der Waals surface area contributed by atoms with Gasteiger partial charge in [0, 0.05) is 0 Å². The molecule has 0 unspecified atom stereocenters. The molecule has 1 aliphatic carbocycles. The summed E-state index contributed by atoms with van der Waals surface area (Å²) in [5.74, 6) is -0.823. The fourth-order valence-corrected chi connectivity index (χ4v) is 1.36. The Labute approximate surface area is 59.0 Å². The normalized spacial score (nSPS) is 21.7. The predicted octanol–water partition coefficient (Wildman–Crippen LogP) is 1.60. The molecule has 0 heterocycles. The SMILES string of the molecule is O=C(O)C1(CCF)CCC1. The molecular weight excluding hydrogens is 135 g/mol. The highest BCUT2D eigenvalue weighted by Gasteiger charge is 2.43. The summed E-state index contributed by atoms with van der Waals surface area (Å²) < 4.78 is 11.8. The number of rotatable bonds is 3. The third kappa shape index (κ3) is 1.00. The molecule has 1 saturated carbocycles. The number of aliphatic carboxylic acids is 1. The van der Waals surface area contributed by atoms with Crippen LogP contribution in [0.4, 0.5) is 4.39 Å². The molecule has 0 spiro atoms. The molecule has 0 atom stereocenters. The lowest BCUT2D eigenvalue weighted by molar-refractivity contribution is -0.155. The second-order valence-corrected chi connectivity index (χ2v) is 2.88. The summed E-state index contributed by atoms with van der Waals surface area (Å²) >= 11 is 0. The minimum absolute atomic E-state index is 0.197. The van der Waals surface area contributed by atoms with Crippen LogP contribution in [0.5, 0.6) is 0 Å². The van der Waals surface area contributed by atoms with Crippen LogP contribution in [0.1, 0.15) is 25.7 Å². The molecule has 3 heteroatoms. The highest BCUT2D eigenvalue weighted by molar-refractivity contribution is 5.75. The maximum Gasteiger partial charge on any atom is 0.309 e. The van der Waals surface area contributed by atoms with Crippen molar-refractivity contribution in [2.75, 3.05) is 6.67 Å². The van der Waals surface area contributed by atoms with Crippen molar-refractivity contribution in [3.63, 3.8) is 0 Å². The summed E-state index contributed by atoms with van der Waals surface area (Å²) in [6.07, 6.45) is 2.45. The Morgan fingerprint density at radius 3 is 2.30 bits per heavy atom. The highest BCUT2D eigenvalue weighted by atomic mass is 19.1. The van der Waals surface area contributed by atoms with Gasteiger partial charge in [0.25, 0.3) is 0 Å². The number of hydrogen-bond donors (Lipinski definition) is 1. The molecule has 0 bridgehead atoms. The van der Waals surface area contributed by atoms with Gasteiger partial charge in [-0.1, -0.05) is 6.42 Å². The van der Waals surface area contributed by atoms with E-state index >= 15 is 0 Å². The smallest absolute Gasteiger partial charge is 0.309 e. The van der Waals surface area contributed by atoms with Crippen LogP contribution in [0.3, 0.4) is 0 Å². The molecule has 1 fully saturated rings. The number of alkyl halides is 1. The van der Waals surface area contributed by atoms with Gasteiger partial charge in [-0.15, -0.1) is 0 Å². The zero-order chi connectivity index (χ0) is 7.61. The van der Waals surface area contributed by atoms with Crippen molar-refractivity contribution in [2.45, 2.75) is 25.7 Å². The number of carboxylic acid groups (broad SMARTS) is 1. The fourth-order valence-electron chi connectivity index (χ4n) is 1.36. The number of carbonyl (C=O) groups is 1. The van der Waals surface area contributed by atoms with E-state index in [1.54, 1.807) is 0 Å². The molecule has 1 rings (SSSR count).